The van der Waals surface area contributed by atoms with Gasteiger partial charge in [0.15, 0.2) is 17.5 Å². The number of hydrogen-bond donors (Lipinski definition) is 0. The van der Waals surface area contributed by atoms with Gasteiger partial charge in [0.2, 0.25) is 0 Å². The van der Waals surface area contributed by atoms with Crippen LogP contribution in [0.1, 0.15) is 0 Å². The summed E-state index contributed by atoms with van der Waals surface area (Å²) in [6, 6.07) is 63.4. The standard InChI is InChI=1S/C45H30N4/c1-5-15-31(16-6-1)36-29-39(32-17-7-2-8-18-32)42-38-23-13-14-24-40(38)49(41(42)30-36)37-27-25-35(26-28-37)45-47-43(33-19-9-3-10-20-33)46-44(48-45)34-21-11-4-12-22-34/h1-30H. The average Bonchev–Trinajstić information content (AvgIpc) is 3.53. The van der Waals surface area contributed by atoms with Gasteiger partial charge in [0.1, 0.15) is 0 Å². The summed E-state index contributed by atoms with van der Waals surface area (Å²) < 4.78 is 2.38. The molecule has 0 radical (unpaired) electrons. The Morgan fingerprint density at radius 1 is 0.327 bits per heavy atom. The molecule has 0 aliphatic heterocycles. The molecule has 2 heterocycles. The predicted molar refractivity (Wildman–Crippen MR) is 201 cm³/mol. The van der Waals surface area contributed by atoms with Crippen LogP contribution in [0.15, 0.2) is 182 Å². The van der Waals surface area contributed by atoms with Crippen LogP contribution in [0.5, 0.6) is 0 Å². The molecule has 230 valence electrons. The normalized spacial score (nSPS) is 11.3. The number of rotatable bonds is 6. The van der Waals surface area contributed by atoms with Crippen LogP contribution >= 0.6 is 0 Å². The summed E-state index contributed by atoms with van der Waals surface area (Å²) in [6.45, 7) is 0. The second kappa shape index (κ2) is 12.2. The lowest BCUT2D eigenvalue weighted by molar-refractivity contribution is 1.07. The van der Waals surface area contributed by atoms with E-state index in [0.717, 1.165) is 33.4 Å². The first-order valence-electron chi connectivity index (χ1n) is 16.5. The Hall–Kier alpha value is -6.65. The molecule has 2 aromatic heterocycles. The highest BCUT2D eigenvalue weighted by atomic mass is 15.0. The summed E-state index contributed by atoms with van der Waals surface area (Å²) in [4.78, 5) is 14.8. The summed E-state index contributed by atoms with van der Waals surface area (Å²) in [7, 11) is 0. The number of aromatic nitrogens is 4. The molecule has 0 fully saturated rings. The molecule has 49 heavy (non-hydrogen) atoms. The fraction of sp³-hybridized carbons (Fsp3) is 0. The molecule has 4 nitrogen and oxygen atoms in total. The number of para-hydroxylation sites is 1. The molecule has 9 aromatic rings. The van der Waals surface area contributed by atoms with E-state index in [4.69, 9.17) is 15.0 Å². The van der Waals surface area contributed by atoms with Crippen molar-refractivity contribution in [3.05, 3.63) is 182 Å². The Morgan fingerprint density at radius 2 is 0.776 bits per heavy atom. The van der Waals surface area contributed by atoms with E-state index in [1.54, 1.807) is 0 Å². The third-order valence-electron chi connectivity index (χ3n) is 9.05. The summed E-state index contributed by atoms with van der Waals surface area (Å²) in [5.74, 6) is 1.94. The first-order chi connectivity index (χ1) is 24.3. The summed E-state index contributed by atoms with van der Waals surface area (Å²) in [6.07, 6.45) is 0. The number of fused-ring (bicyclic) bond motifs is 3. The molecule has 0 saturated carbocycles. The van der Waals surface area contributed by atoms with Crippen LogP contribution in [0.2, 0.25) is 0 Å². The van der Waals surface area contributed by atoms with Gasteiger partial charge in [0, 0.05) is 33.2 Å². The largest absolute Gasteiger partial charge is 0.309 e. The molecule has 0 atom stereocenters. The molecule has 0 amide bonds. The molecule has 9 rings (SSSR count). The van der Waals surface area contributed by atoms with E-state index < -0.39 is 0 Å². The third kappa shape index (κ3) is 5.26. The number of benzene rings is 7. The van der Waals surface area contributed by atoms with Gasteiger partial charge in [-0.2, -0.15) is 0 Å². The molecular formula is C45H30N4. The maximum absolute atomic E-state index is 4.95. The van der Waals surface area contributed by atoms with Crippen molar-refractivity contribution < 1.29 is 0 Å². The van der Waals surface area contributed by atoms with Crippen LogP contribution in [-0.2, 0) is 0 Å². The highest BCUT2D eigenvalue weighted by Crippen LogP contribution is 2.41. The van der Waals surface area contributed by atoms with Crippen LogP contribution in [0.4, 0.5) is 0 Å². The van der Waals surface area contributed by atoms with E-state index in [9.17, 15) is 0 Å². The second-order valence-electron chi connectivity index (χ2n) is 12.1. The Labute approximate surface area is 284 Å². The summed E-state index contributed by atoms with van der Waals surface area (Å²) >= 11 is 0. The molecule has 7 aromatic carbocycles. The monoisotopic (exact) mass is 626 g/mol. The Balaban J connectivity index is 1.23. The van der Waals surface area contributed by atoms with Gasteiger partial charge in [0.05, 0.1) is 11.0 Å². The van der Waals surface area contributed by atoms with Gasteiger partial charge in [-0.25, -0.2) is 15.0 Å². The van der Waals surface area contributed by atoms with Gasteiger partial charge < -0.3 is 4.57 Å². The topological polar surface area (TPSA) is 43.6 Å². The highest BCUT2D eigenvalue weighted by Gasteiger charge is 2.19. The third-order valence-corrected chi connectivity index (χ3v) is 9.05. The maximum atomic E-state index is 4.95. The lowest BCUT2D eigenvalue weighted by Gasteiger charge is -2.13. The van der Waals surface area contributed by atoms with Crippen LogP contribution in [-0.4, -0.2) is 19.5 Å². The smallest absolute Gasteiger partial charge is 0.164 e. The first kappa shape index (κ1) is 28.6. The summed E-state index contributed by atoms with van der Waals surface area (Å²) in [5, 5.41) is 2.46. The van der Waals surface area contributed by atoms with Crippen molar-refractivity contribution in [2.45, 2.75) is 0 Å². The molecule has 0 spiro atoms. The lowest BCUT2D eigenvalue weighted by Crippen LogP contribution is -2.00. The minimum absolute atomic E-state index is 0.638. The molecule has 4 heteroatoms. The zero-order valence-electron chi connectivity index (χ0n) is 26.6. The van der Waals surface area contributed by atoms with Crippen LogP contribution < -0.4 is 0 Å². The van der Waals surface area contributed by atoms with E-state index in [1.165, 1.54) is 33.0 Å². The SMILES string of the molecule is c1ccc(-c2cc(-c3ccccc3)c3c4ccccc4n(-c4ccc(-c5nc(-c6ccccc6)nc(-c6ccccc6)n5)cc4)c3c2)cc1. The van der Waals surface area contributed by atoms with Gasteiger partial charge >= 0.3 is 0 Å². The lowest BCUT2D eigenvalue weighted by atomic mass is 9.94. The van der Waals surface area contributed by atoms with Crippen molar-refractivity contribution in [3.63, 3.8) is 0 Å². The van der Waals surface area contributed by atoms with E-state index in [2.05, 4.69) is 126 Å². The maximum Gasteiger partial charge on any atom is 0.164 e. The zero-order valence-corrected chi connectivity index (χ0v) is 26.6. The van der Waals surface area contributed by atoms with Crippen molar-refractivity contribution >= 4 is 21.8 Å². The molecule has 0 aliphatic carbocycles. The first-order valence-corrected chi connectivity index (χ1v) is 16.5. The molecule has 0 bridgehead atoms. The van der Waals surface area contributed by atoms with E-state index in [1.807, 2.05) is 60.7 Å². The Kier molecular flexibility index (Phi) is 7.10. The quantitative estimate of drug-likeness (QED) is 0.184. The van der Waals surface area contributed by atoms with Crippen LogP contribution in [0.25, 0.3) is 83.9 Å². The van der Waals surface area contributed by atoms with Gasteiger partial charge in [-0.1, -0.05) is 140 Å². The van der Waals surface area contributed by atoms with Crippen LogP contribution in [0.3, 0.4) is 0 Å². The van der Waals surface area contributed by atoms with Gasteiger partial charge in [-0.15, -0.1) is 0 Å². The summed E-state index contributed by atoms with van der Waals surface area (Å²) in [5.41, 5.74) is 11.0. The zero-order chi connectivity index (χ0) is 32.6. The van der Waals surface area contributed by atoms with E-state index >= 15 is 0 Å². The number of hydrogen-bond acceptors (Lipinski definition) is 3. The Morgan fingerprint density at radius 3 is 1.33 bits per heavy atom. The number of nitrogens with zero attached hydrogens (tertiary/aromatic N) is 4. The van der Waals surface area contributed by atoms with Crippen molar-refractivity contribution in [2.75, 3.05) is 0 Å². The predicted octanol–water partition coefficient (Wildman–Crippen LogP) is 11.3. The molecule has 0 saturated heterocycles. The molecule has 0 aliphatic rings. The fourth-order valence-electron chi connectivity index (χ4n) is 6.71. The van der Waals surface area contributed by atoms with Gasteiger partial charge in [-0.3, -0.25) is 0 Å². The molecule has 0 N–H and O–H groups in total. The minimum Gasteiger partial charge on any atom is -0.309 e. The van der Waals surface area contributed by atoms with Gasteiger partial charge in [-0.05, 0) is 64.7 Å². The van der Waals surface area contributed by atoms with Crippen LogP contribution in [0, 0.1) is 0 Å². The van der Waals surface area contributed by atoms with E-state index in [-0.39, 0.29) is 0 Å². The Bertz CT molecular complexity index is 2500. The van der Waals surface area contributed by atoms with Crippen molar-refractivity contribution in [2.24, 2.45) is 0 Å². The minimum atomic E-state index is 0.638. The second-order valence-corrected chi connectivity index (χ2v) is 12.1. The average molecular weight is 627 g/mol. The highest BCUT2D eigenvalue weighted by molar-refractivity contribution is 6.17. The van der Waals surface area contributed by atoms with Crippen molar-refractivity contribution in [1.82, 2.24) is 19.5 Å². The molecular weight excluding hydrogens is 597 g/mol. The van der Waals surface area contributed by atoms with E-state index in [0.29, 0.717) is 17.5 Å². The van der Waals surface area contributed by atoms with Crippen molar-refractivity contribution in [1.29, 1.82) is 0 Å². The van der Waals surface area contributed by atoms with Crippen molar-refractivity contribution in [3.8, 4) is 62.1 Å². The fourth-order valence-corrected chi connectivity index (χ4v) is 6.71. The molecule has 0 unspecified atom stereocenters. The van der Waals surface area contributed by atoms with Gasteiger partial charge in [0.25, 0.3) is 0 Å².